The van der Waals surface area contributed by atoms with Crippen molar-refractivity contribution in [3.8, 4) is 11.5 Å². The maximum Gasteiger partial charge on any atom is 0.129 e. The Labute approximate surface area is 157 Å². The fourth-order valence-electron chi connectivity index (χ4n) is 5.18. The number of piperidine rings is 1. The molecule has 2 fully saturated rings. The van der Waals surface area contributed by atoms with Gasteiger partial charge >= 0.3 is 0 Å². The van der Waals surface area contributed by atoms with Crippen molar-refractivity contribution in [2.75, 3.05) is 13.1 Å². The van der Waals surface area contributed by atoms with E-state index in [0.29, 0.717) is 23.9 Å². The highest BCUT2D eigenvalue weighted by molar-refractivity contribution is 5.44. The minimum Gasteiger partial charge on any atom is -0.508 e. The maximum absolute atomic E-state index is 9.96. The zero-order valence-corrected chi connectivity index (χ0v) is 16.3. The molecule has 0 aromatic heterocycles. The molecule has 26 heavy (non-hydrogen) atoms. The average molecular weight is 360 g/mol. The number of phenols is 1. The molecule has 0 radical (unpaired) electrons. The molecule has 0 spiro atoms. The van der Waals surface area contributed by atoms with Gasteiger partial charge in [-0.05, 0) is 63.1 Å². The van der Waals surface area contributed by atoms with Crippen molar-refractivity contribution in [1.29, 1.82) is 0 Å². The second kappa shape index (κ2) is 7.05. The highest BCUT2D eigenvalue weighted by atomic mass is 16.5. The van der Waals surface area contributed by atoms with Crippen LogP contribution in [0.25, 0.3) is 0 Å². The first kappa shape index (κ1) is 18.1. The van der Waals surface area contributed by atoms with Crippen molar-refractivity contribution in [3.05, 3.63) is 23.8 Å². The summed E-state index contributed by atoms with van der Waals surface area (Å²) in [5.41, 5.74) is 0.883. The Kier molecular flexibility index (Phi) is 4.91. The first-order valence-electron chi connectivity index (χ1n) is 10.3. The molecule has 0 amide bonds. The molecular formula is C22H33NO3. The van der Waals surface area contributed by atoms with Gasteiger partial charge in [0.1, 0.15) is 17.1 Å². The third kappa shape index (κ3) is 3.34. The summed E-state index contributed by atoms with van der Waals surface area (Å²) in [5.74, 6) is 2.74. The van der Waals surface area contributed by atoms with Crippen molar-refractivity contribution in [3.63, 3.8) is 0 Å². The number of ether oxygens (including phenoxy) is 2. The van der Waals surface area contributed by atoms with Gasteiger partial charge in [-0.2, -0.15) is 0 Å². The smallest absolute Gasteiger partial charge is 0.129 e. The molecule has 4 rings (SSSR count). The van der Waals surface area contributed by atoms with Crippen molar-refractivity contribution in [2.45, 2.75) is 70.7 Å². The van der Waals surface area contributed by atoms with Crippen LogP contribution in [0.4, 0.5) is 0 Å². The van der Waals surface area contributed by atoms with Gasteiger partial charge in [-0.15, -0.1) is 0 Å². The Bertz CT molecular complexity index is 646. The van der Waals surface area contributed by atoms with Crippen LogP contribution in [0.2, 0.25) is 0 Å². The Morgan fingerprint density at radius 1 is 1.35 bits per heavy atom. The normalized spacial score (nSPS) is 36.0. The van der Waals surface area contributed by atoms with Crippen molar-refractivity contribution in [1.82, 2.24) is 5.32 Å². The lowest BCUT2D eigenvalue weighted by molar-refractivity contribution is -0.184. The fraction of sp³-hybridized carbons (Fsp3) is 0.727. The average Bonchev–Trinajstić information content (AvgIpc) is 2.60. The molecule has 3 heterocycles. The van der Waals surface area contributed by atoms with E-state index in [0.717, 1.165) is 50.1 Å². The monoisotopic (exact) mass is 359 g/mol. The standard InChI is InChI=1S/C22H33NO3/c1-14(2)5-4-9-22(3)18-11-15-13-23-10-8-19(15)25-21(18)17-7-6-16(24)12-20(17)26-22/h6-7,12,14-15,18-19,21,23-24H,4-5,8-11,13H2,1-3H3/t15-,18+,19+,21-,22+/m0/s1. The quantitative estimate of drug-likeness (QED) is 0.835. The molecule has 0 bridgehead atoms. The Morgan fingerprint density at radius 2 is 2.19 bits per heavy atom. The molecule has 3 aliphatic rings. The van der Waals surface area contributed by atoms with Crippen LogP contribution in [0.1, 0.15) is 64.5 Å². The van der Waals surface area contributed by atoms with Crippen LogP contribution in [0.3, 0.4) is 0 Å². The predicted molar refractivity (Wildman–Crippen MR) is 103 cm³/mol. The first-order valence-corrected chi connectivity index (χ1v) is 10.3. The van der Waals surface area contributed by atoms with Gasteiger partial charge in [-0.25, -0.2) is 0 Å². The van der Waals surface area contributed by atoms with Crippen LogP contribution in [-0.4, -0.2) is 29.9 Å². The van der Waals surface area contributed by atoms with Gasteiger partial charge < -0.3 is 19.9 Å². The highest BCUT2D eigenvalue weighted by Gasteiger charge is 2.52. The molecule has 4 nitrogen and oxygen atoms in total. The largest absolute Gasteiger partial charge is 0.508 e. The molecule has 2 saturated heterocycles. The van der Waals surface area contributed by atoms with Crippen LogP contribution >= 0.6 is 0 Å². The number of benzene rings is 1. The number of hydrogen-bond donors (Lipinski definition) is 2. The third-order valence-electron chi connectivity index (χ3n) is 6.67. The van der Waals surface area contributed by atoms with Gasteiger partial charge in [-0.3, -0.25) is 0 Å². The molecule has 2 N–H and O–H groups in total. The predicted octanol–water partition coefficient (Wildman–Crippen LogP) is 4.43. The summed E-state index contributed by atoms with van der Waals surface area (Å²) in [4.78, 5) is 0. The molecule has 4 heteroatoms. The van der Waals surface area contributed by atoms with Gasteiger partial charge in [0.2, 0.25) is 0 Å². The van der Waals surface area contributed by atoms with E-state index in [4.69, 9.17) is 9.47 Å². The molecule has 3 aliphatic heterocycles. The summed E-state index contributed by atoms with van der Waals surface area (Å²) in [5, 5.41) is 13.5. The molecule has 0 unspecified atom stereocenters. The van der Waals surface area contributed by atoms with Crippen molar-refractivity contribution in [2.24, 2.45) is 17.8 Å². The number of hydrogen-bond acceptors (Lipinski definition) is 4. The van der Waals surface area contributed by atoms with Gasteiger partial charge in [-0.1, -0.05) is 20.3 Å². The van der Waals surface area contributed by atoms with E-state index in [9.17, 15) is 5.11 Å². The lowest BCUT2D eigenvalue weighted by atomic mass is 9.68. The van der Waals surface area contributed by atoms with Gasteiger partial charge in [0.25, 0.3) is 0 Å². The summed E-state index contributed by atoms with van der Waals surface area (Å²) in [6.07, 6.45) is 6.10. The van der Waals surface area contributed by atoms with E-state index < -0.39 is 0 Å². The summed E-state index contributed by atoms with van der Waals surface area (Å²) in [6, 6.07) is 5.53. The molecule has 1 aromatic rings. The van der Waals surface area contributed by atoms with Gasteiger partial charge in [0.15, 0.2) is 0 Å². The molecular weight excluding hydrogens is 326 g/mol. The minimum atomic E-state index is -0.233. The highest BCUT2D eigenvalue weighted by Crippen LogP contribution is 2.54. The van der Waals surface area contributed by atoms with Crippen LogP contribution in [-0.2, 0) is 4.74 Å². The lowest BCUT2D eigenvalue weighted by Crippen LogP contribution is -2.55. The number of rotatable bonds is 4. The number of fused-ring (bicyclic) bond motifs is 4. The van der Waals surface area contributed by atoms with Gasteiger partial charge in [0.05, 0.1) is 12.2 Å². The minimum absolute atomic E-state index is 0.0859. The van der Waals surface area contributed by atoms with Crippen LogP contribution in [0, 0.1) is 17.8 Å². The molecule has 5 atom stereocenters. The van der Waals surface area contributed by atoms with E-state index in [1.165, 1.54) is 6.42 Å². The molecule has 1 aromatic carbocycles. The van der Waals surface area contributed by atoms with E-state index in [2.05, 4.69) is 26.1 Å². The van der Waals surface area contributed by atoms with Crippen LogP contribution in [0.15, 0.2) is 18.2 Å². The van der Waals surface area contributed by atoms with Crippen molar-refractivity contribution >= 4 is 0 Å². The van der Waals surface area contributed by atoms with E-state index in [1.54, 1.807) is 12.1 Å². The number of phenolic OH excluding ortho intramolecular Hbond substituents is 1. The second-order valence-electron chi connectivity index (χ2n) is 9.11. The summed E-state index contributed by atoms with van der Waals surface area (Å²) in [6.45, 7) is 8.92. The van der Waals surface area contributed by atoms with E-state index in [-0.39, 0.29) is 17.5 Å². The number of nitrogens with one attached hydrogen (secondary N) is 1. The fourth-order valence-corrected chi connectivity index (χ4v) is 5.18. The van der Waals surface area contributed by atoms with Crippen LogP contribution < -0.4 is 10.1 Å². The molecule has 0 aliphatic carbocycles. The van der Waals surface area contributed by atoms with Gasteiger partial charge in [0, 0.05) is 24.1 Å². The first-order chi connectivity index (χ1) is 12.5. The summed E-state index contributed by atoms with van der Waals surface area (Å²) >= 11 is 0. The topological polar surface area (TPSA) is 50.7 Å². The Hall–Kier alpha value is -1.26. The zero-order valence-electron chi connectivity index (χ0n) is 16.3. The molecule has 0 saturated carbocycles. The number of aromatic hydroxyl groups is 1. The second-order valence-corrected chi connectivity index (χ2v) is 9.11. The van der Waals surface area contributed by atoms with Crippen molar-refractivity contribution < 1.29 is 14.6 Å². The summed E-state index contributed by atoms with van der Waals surface area (Å²) in [7, 11) is 0. The third-order valence-corrected chi connectivity index (χ3v) is 6.67. The van der Waals surface area contributed by atoms with E-state index in [1.807, 2.05) is 6.07 Å². The Morgan fingerprint density at radius 3 is 3.00 bits per heavy atom. The lowest BCUT2D eigenvalue weighted by Gasteiger charge is -2.53. The maximum atomic E-state index is 9.96. The zero-order chi connectivity index (χ0) is 18.3. The summed E-state index contributed by atoms with van der Waals surface area (Å²) < 4.78 is 13.3. The molecule has 144 valence electrons. The van der Waals surface area contributed by atoms with E-state index >= 15 is 0 Å². The Balaban J connectivity index is 1.64. The van der Waals surface area contributed by atoms with Crippen LogP contribution in [0.5, 0.6) is 11.5 Å². The SMILES string of the molecule is CC(C)CCC[C@@]1(C)Oc2cc(O)ccc2[C@@H]2O[C@@H]3CCNC[C@@H]3C[C@H]21.